The molecule has 0 atom stereocenters. The first-order chi connectivity index (χ1) is 7.56. The Morgan fingerprint density at radius 3 is 2.81 bits per heavy atom. The predicted octanol–water partition coefficient (Wildman–Crippen LogP) is -1.70. The predicted molar refractivity (Wildman–Crippen MR) is 55.8 cm³/mol. The largest absolute Gasteiger partial charge is 0.385 e. The van der Waals surface area contributed by atoms with Crippen LogP contribution in [0.1, 0.15) is 5.82 Å². The van der Waals surface area contributed by atoms with Crippen LogP contribution in [0.15, 0.2) is 22.0 Å². The lowest BCUT2D eigenvalue weighted by molar-refractivity contribution is 0.675. The zero-order valence-corrected chi connectivity index (χ0v) is 8.54. The smallest absolute Gasteiger partial charge is 0.330 e. The Kier molecular flexibility index (Phi) is 2.31. The molecule has 2 aromatic heterocycles. The summed E-state index contributed by atoms with van der Waals surface area (Å²) in [5.74, 6) is 0.532. The van der Waals surface area contributed by atoms with Crippen LogP contribution in [-0.2, 0) is 13.6 Å². The fourth-order valence-corrected chi connectivity index (χ4v) is 1.30. The third kappa shape index (κ3) is 1.85. The Balaban J connectivity index is 2.42. The number of rotatable bonds is 2. The minimum Gasteiger partial charge on any atom is -0.385 e. The molecule has 0 aromatic carbocycles. The quantitative estimate of drug-likeness (QED) is 0.628. The fraction of sp³-hybridized carbons (Fsp3) is 0.250. The van der Waals surface area contributed by atoms with Crippen molar-refractivity contribution in [1.29, 1.82) is 0 Å². The summed E-state index contributed by atoms with van der Waals surface area (Å²) in [6.45, 7) is 0.127. The average molecular weight is 222 g/mol. The van der Waals surface area contributed by atoms with Crippen LogP contribution in [0.4, 0.5) is 5.82 Å². The number of nitrogen functional groups attached to an aromatic ring is 1. The van der Waals surface area contributed by atoms with Gasteiger partial charge >= 0.3 is 5.69 Å². The van der Waals surface area contributed by atoms with Gasteiger partial charge in [-0.1, -0.05) is 0 Å². The molecule has 0 aliphatic rings. The molecule has 2 rings (SSSR count). The Morgan fingerprint density at radius 2 is 2.25 bits per heavy atom. The van der Waals surface area contributed by atoms with Gasteiger partial charge in [0.2, 0.25) is 0 Å². The zero-order valence-electron chi connectivity index (χ0n) is 8.54. The van der Waals surface area contributed by atoms with Crippen molar-refractivity contribution in [3.63, 3.8) is 0 Å². The van der Waals surface area contributed by atoms with Gasteiger partial charge in [-0.15, -0.1) is 0 Å². The summed E-state index contributed by atoms with van der Waals surface area (Å²) in [5, 5.41) is 4.01. The van der Waals surface area contributed by atoms with E-state index in [1.54, 1.807) is 7.05 Å². The summed E-state index contributed by atoms with van der Waals surface area (Å²) in [4.78, 5) is 28.4. The normalized spacial score (nSPS) is 10.6. The highest BCUT2D eigenvalue weighted by atomic mass is 16.2. The molecule has 3 N–H and O–H groups in total. The van der Waals surface area contributed by atoms with E-state index < -0.39 is 11.2 Å². The van der Waals surface area contributed by atoms with E-state index in [-0.39, 0.29) is 12.4 Å². The van der Waals surface area contributed by atoms with E-state index >= 15 is 0 Å². The number of aromatic nitrogens is 5. The first kappa shape index (κ1) is 10.1. The zero-order chi connectivity index (χ0) is 11.7. The molecule has 0 radical (unpaired) electrons. The standard InChI is InChI=1S/C8H10N6O2/c1-13-4-10-6(12-13)3-14-5(9)2-7(15)11-8(14)16/h2,4H,3,9H2,1H3,(H,11,15,16). The molecule has 0 saturated heterocycles. The van der Waals surface area contributed by atoms with Crippen LogP contribution in [0.5, 0.6) is 0 Å². The van der Waals surface area contributed by atoms with Crippen LogP contribution in [0.25, 0.3) is 0 Å². The summed E-state index contributed by atoms with van der Waals surface area (Å²) in [6, 6.07) is 1.14. The molecule has 84 valence electrons. The molecule has 0 aliphatic heterocycles. The van der Waals surface area contributed by atoms with E-state index in [0.717, 1.165) is 6.07 Å². The van der Waals surface area contributed by atoms with Crippen molar-refractivity contribution in [1.82, 2.24) is 24.3 Å². The maximum absolute atomic E-state index is 11.4. The number of nitrogens with one attached hydrogen (secondary N) is 1. The minimum absolute atomic E-state index is 0.0844. The second-order valence-corrected chi connectivity index (χ2v) is 3.28. The Labute approximate surface area is 89.4 Å². The second-order valence-electron chi connectivity index (χ2n) is 3.28. The van der Waals surface area contributed by atoms with Gasteiger partial charge in [0.05, 0.1) is 6.54 Å². The highest BCUT2D eigenvalue weighted by Gasteiger charge is 2.06. The molecule has 0 spiro atoms. The van der Waals surface area contributed by atoms with E-state index in [1.165, 1.54) is 15.6 Å². The molecular formula is C8H10N6O2. The summed E-state index contributed by atoms with van der Waals surface area (Å²) in [7, 11) is 1.72. The van der Waals surface area contributed by atoms with Gasteiger partial charge < -0.3 is 5.73 Å². The molecule has 0 saturated carbocycles. The summed E-state index contributed by atoms with van der Waals surface area (Å²) in [5.41, 5.74) is 4.47. The van der Waals surface area contributed by atoms with Crippen LogP contribution in [0, 0.1) is 0 Å². The van der Waals surface area contributed by atoms with E-state index in [4.69, 9.17) is 5.73 Å². The van der Waals surface area contributed by atoms with Gasteiger partial charge in [-0.2, -0.15) is 5.10 Å². The molecule has 2 heterocycles. The molecule has 0 fully saturated rings. The van der Waals surface area contributed by atoms with Gasteiger partial charge in [0.15, 0.2) is 5.82 Å². The number of aryl methyl sites for hydroxylation is 1. The van der Waals surface area contributed by atoms with Crippen molar-refractivity contribution in [2.45, 2.75) is 6.54 Å². The minimum atomic E-state index is -0.572. The highest BCUT2D eigenvalue weighted by Crippen LogP contribution is 1.97. The number of H-pyrrole nitrogens is 1. The maximum Gasteiger partial charge on any atom is 0.330 e. The van der Waals surface area contributed by atoms with Crippen molar-refractivity contribution < 1.29 is 0 Å². The lowest BCUT2D eigenvalue weighted by Crippen LogP contribution is -2.31. The molecule has 0 amide bonds. The molecule has 2 aromatic rings. The summed E-state index contributed by atoms with van der Waals surface area (Å²) < 4.78 is 2.71. The maximum atomic E-state index is 11.4. The summed E-state index contributed by atoms with van der Waals surface area (Å²) >= 11 is 0. The number of anilines is 1. The van der Waals surface area contributed by atoms with Crippen LogP contribution in [-0.4, -0.2) is 24.3 Å². The lowest BCUT2D eigenvalue weighted by Gasteiger charge is -2.04. The van der Waals surface area contributed by atoms with Gasteiger partial charge in [-0.3, -0.25) is 19.0 Å². The lowest BCUT2D eigenvalue weighted by atomic mass is 10.5. The van der Waals surface area contributed by atoms with Crippen LogP contribution in [0.2, 0.25) is 0 Å². The molecule has 0 aliphatic carbocycles. The number of aromatic amines is 1. The van der Waals surface area contributed by atoms with E-state index in [1.807, 2.05) is 0 Å². The second kappa shape index (κ2) is 3.65. The molecule has 8 nitrogen and oxygen atoms in total. The number of hydrogen-bond acceptors (Lipinski definition) is 5. The van der Waals surface area contributed by atoms with Crippen molar-refractivity contribution in [2.24, 2.45) is 7.05 Å². The molecule has 0 unspecified atom stereocenters. The van der Waals surface area contributed by atoms with Crippen LogP contribution in [0.3, 0.4) is 0 Å². The fourth-order valence-electron chi connectivity index (χ4n) is 1.30. The third-order valence-electron chi connectivity index (χ3n) is 2.01. The van der Waals surface area contributed by atoms with Crippen molar-refractivity contribution in [2.75, 3.05) is 5.73 Å². The van der Waals surface area contributed by atoms with Crippen molar-refractivity contribution in [3.8, 4) is 0 Å². The van der Waals surface area contributed by atoms with Gasteiger partial charge in [-0.25, -0.2) is 9.78 Å². The topological polar surface area (TPSA) is 112 Å². The van der Waals surface area contributed by atoms with Gasteiger partial charge in [-0.05, 0) is 0 Å². The number of nitrogens with two attached hydrogens (primary N) is 1. The van der Waals surface area contributed by atoms with Crippen molar-refractivity contribution in [3.05, 3.63) is 39.1 Å². The van der Waals surface area contributed by atoms with E-state index in [2.05, 4.69) is 15.1 Å². The average Bonchev–Trinajstić information content (AvgIpc) is 2.58. The van der Waals surface area contributed by atoms with E-state index in [9.17, 15) is 9.59 Å². The summed E-state index contributed by atoms with van der Waals surface area (Å²) in [6.07, 6.45) is 1.52. The first-order valence-electron chi connectivity index (χ1n) is 4.50. The highest BCUT2D eigenvalue weighted by molar-refractivity contribution is 5.26. The number of nitrogens with zero attached hydrogens (tertiary/aromatic N) is 4. The first-order valence-corrected chi connectivity index (χ1v) is 4.50. The van der Waals surface area contributed by atoms with Gasteiger partial charge in [0, 0.05) is 13.1 Å². The number of hydrogen-bond donors (Lipinski definition) is 2. The van der Waals surface area contributed by atoms with Crippen molar-refractivity contribution >= 4 is 5.82 Å². The van der Waals surface area contributed by atoms with Crippen LogP contribution >= 0.6 is 0 Å². The monoisotopic (exact) mass is 222 g/mol. The molecule has 8 heteroatoms. The third-order valence-corrected chi connectivity index (χ3v) is 2.01. The molecular weight excluding hydrogens is 212 g/mol. The Morgan fingerprint density at radius 1 is 1.50 bits per heavy atom. The van der Waals surface area contributed by atoms with Gasteiger partial charge in [0.1, 0.15) is 12.1 Å². The van der Waals surface area contributed by atoms with Gasteiger partial charge in [0.25, 0.3) is 5.56 Å². The SMILES string of the molecule is Cn1cnc(Cn2c(N)cc(=O)[nH]c2=O)n1. The molecule has 0 bridgehead atoms. The Bertz CT molecular complexity index is 622. The Hall–Kier alpha value is -2.38. The van der Waals surface area contributed by atoms with E-state index in [0.29, 0.717) is 5.82 Å². The van der Waals surface area contributed by atoms with Crippen LogP contribution < -0.4 is 17.0 Å². The molecule has 16 heavy (non-hydrogen) atoms.